The molecule has 1 aliphatic heterocycles. The molecule has 5 nitrogen and oxygen atoms in total. The highest BCUT2D eigenvalue weighted by atomic mass is 16.5. The van der Waals surface area contributed by atoms with Crippen molar-refractivity contribution in [2.45, 2.75) is 19.4 Å². The van der Waals surface area contributed by atoms with E-state index in [1.54, 1.807) is 30.6 Å². The quantitative estimate of drug-likeness (QED) is 0.681. The number of fused-ring (bicyclic) bond motifs is 1. The number of nitriles is 1. The predicted molar refractivity (Wildman–Crippen MR) is 103 cm³/mol. The Morgan fingerprint density at radius 3 is 2.50 bits per heavy atom. The maximum Gasteiger partial charge on any atom is 0.170 e. The third-order valence-corrected chi connectivity index (χ3v) is 4.83. The van der Waals surface area contributed by atoms with E-state index in [1.165, 1.54) is 0 Å². The fraction of sp³-hybridized carbons (Fsp3) is 0.174. The first kappa shape index (κ1) is 17.7. The van der Waals surface area contributed by atoms with Crippen molar-refractivity contribution in [2.75, 3.05) is 6.61 Å². The van der Waals surface area contributed by atoms with Crippen LogP contribution in [-0.2, 0) is 0 Å². The number of nitrogens with zero attached hydrogens (tertiary/aromatic N) is 2. The minimum absolute atomic E-state index is 0.0914. The fourth-order valence-electron chi connectivity index (χ4n) is 3.31. The molecule has 0 saturated carbocycles. The summed E-state index contributed by atoms with van der Waals surface area (Å²) in [4.78, 5) is 16.2. The van der Waals surface area contributed by atoms with E-state index < -0.39 is 0 Å². The smallest absolute Gasteiger partial charge is 0.170 e. The van der Waals surface area contributed by atoms with Crippen molar-refractivity contribution in [1.82, 2.24) is 4.98 Å². The molecule has 28 heavy (non-hydrogen) atoms. The molecule has 2 aromatic carbocycles. The van der Waals surface area contributed by atoms with Gasteiger partial charge in [0.1, 0.15) is 17.6 Å². The van der Waals surface area contributed by atoms with Crippen LogP contribution in [0.2, 0.25) is 0 Å². The van der Waals surface area contributed by atoms with Crippen LogP contribution < -0.4 is 9.47 Å². The summed E-state index contributed by atoms with van der Waals surface area (Å²) in [7, 11) is 0. The largest absolute Gasteiger partial charge is 0.492 e. The standard InChI is InChI=1S/C23H18N2O3/c1-15-21(7-6-19-20(26)10-13-27-22(15)19)28-23(18-8-11-25-12-9-18)17-4-2-16(14-24)3-5-17/h2-9,11-12,23H,10,13H2,1H3. The summed E-state index contributed by atoms with van der Waals surface area (Å²) in [6.45, 7) is 2.29. The van der Waals surface area contributed by atoms with Crippen molar-refractivity contribution in [3.63, 3.8) is 0 Å². The van der Waals surface area contributed by atoms with Crippen LogP contribution in [0.5, 0.6) is 11.5 Å². The van der Waals surface area contributed by atoms with Gasteiger partial charge >= 0.3 is 0 Å². The van der Waals surface area contributed by atoms with E-state index in [2.05, 4.69) is 11.1 Å². The van der Waals surface area contributed by atoms with Crippen LogP contribution in [0, 0.1) is 18.3 Å². The molecule has 138 valence electrons. The third kappa shape index (κ3) is 3.33. The van der Waals surface area contributed by atoms with Crippen LogP contribution in [0.3, 0.4) is 0 Å². The second-order valence-corrected chi connectivity index (χ2v) is 6.60. The van der Waals surface area contributed by atoms with Gasteiger partial charge in [-0.2, -0.15) is 5.26 Å². The van der Waals surface area contributed by atoms with Gasteiger partial charge in [-0.1, -0.05) is 12.1 Å². The van der Waals surface area contributed by atoms with E-state index in [0.29, 0.717) is 35.7 Å². The molecule has 0 N–H and O–H groups in total. The Bertz CT molecular complexity index is 1050. The minimum Gasteiger partial charge on any atom is -0.492 e. The molecule has 0 radical (unpaired) electrons. The summed E-state index contributed by atoms with van der Waals surface area (Å²) >= 11 is 0. The van der Waals surface area contributed by atoms with Gasteiger partial charge in [-0.3, -0.25) is 9.78 Å². The molecule has 3 aromatic rings. The number of carbonyl (C=O) groups excluding carboxylic acids is 1. The van der Waals surface area contributed by atoms with Gasteiger partial charge in [-0.15, -0.1) is 0 Å². The normalized spacial score (nSPS) is 13.8. The van der Waals surface area contributed by atoms with E-state index in [1.807, 2.05) is 37.3 Å². The number of ketones is 1. The minimum atomic E-state index is -0.383. The van der Waals surface area contributed by atoms with Crippen molar-refractivity contribution in [3.8, 4) is 17.6 Å². The molecule has 5 heteroatoms. The molecule has 1 unspecified atom stereocenters. The van der Waals surface area contributed by atoms with E-state index in [0.717, 1.165) is 16.7 Å². The van der Waals surface area contributed by atoms with E-state index in [4.69, 9.17) is 14.7 Å². The molecule has 0 aliphatic carbocycles. The van der Waals surface area contributed by atoms with Crippen LogP contribution in [-0.4, -0.2) is 17.4 Å². The van der Waals surface area contributed by atoms with Gasteiger partial charge in [0.2, 0.25) is 0 Å². The highest BCUT2D eigenvalue weighted by molar-refractivity contribution is 6.00. The van der Waals surface area contributed by atoms with Gasteiger partial charge in [-0.25, -0.2) is 0 Å². The van der Waals surface area contributed by atoms with Crippen molar-refractivity contribution in [3.05, 3.63) is 88.7 Å². The van der Waals surface area contributed by atoms with Gasteiger partial charge in [0, 0.05) is 24.4 Å². The Labute approximate surface area is 163 Å². The second kappa shape index (κ2) is 7.53. The Balaban J connectivity index is 1.74. The summed E-state index contributed by atoms with van der Waals surface area (Å²) in [5.41, 5.74) is 3.86. The lowest BCUT2D eigenvalue weighted by Gasteiger charge is -2.24. The van der Waals surface area contributed by atoms with E-state index in [-0.39, 0.29) is 11.9 Å². The highest BCUT2D eigenvalue weighted by Gasteiger charge is 2.24. The van der Waals surface area contributed by atoms with Crippen LogP contribution in [0.1, 0.15) is 45.1 Å². The monoisotopic (exact) mass is 370 g/mol. The maximum absolute atomic E-state index is 12.1. The molecule has 0 bridgehead atoms. The Kier molecular flexibility index (Phi) is 4.77. The van der Waals surface area contributed by atoms with Crippen molar-refractivity contribution < 1.29 is 14.3 Å². The molecule has 0 spiro atoms. The number of benzene rings is 2. The second-order valence-electron chi connectivity index (χ2n) is 6.60. The molecule has 1 aliphatic rings. The number of rotatable bonds is 4. The molecule has 0 amide bonds. The van der Waals surface area contributed by atoms with Crippen molar-refractivity contribution in [1.29, 1.82) is 5.26 Å². The first-order valence-corrected chi connectivity index (χ1v) is 9.03. The molecule has 4 rings (SSSR count). The zero-order valence-corrected chi connectivity index (χ0v) is 15.4. The lowest BCUT2D eigenvalue weighted by molar-refractivity contribution is 0.0932. The van der Waals surface area contributed by atoms with Crippen molar-refractivity contribution in [2.24, 2.45) is 0 Å². The molecule has 1 atom stereocenters. The summed E-state index contributed by atoms with van der Waals surface area (Å²) in [6, 6.07) is 16.8. The SMILES string of the molecule is Cc1c(OC(c2ccncc2)c2ccc(C#N)cc2)ccc2c1OCCC2=O. The average Bonchev–Trinajstić information content (AvgIpc) is 2.75. The van der Waals surface area contributed by atoms with Gasteiger partial charge in [0.25, 0.3) is 0 Å². The average molecular weight is 370 g/mol. The fourth-order valence-corrected chi connectivity index (χ4v) is 3.31. The van der Waals surface area contributed by atoms with E-state index in [9.17, 15) is 4.79 Å². The first-order valence-electron chi connectivity index (χ1n) is 9.03. The molecular weight excluding hydrogens is 352 g/mol. The number of aromatic nitrogens is 1. The van der Waals surface area contributed by atoms with Gasteiger partial charge < -0.3 is 9.47 Å². The molecule has 0 saturated heterocycles. The molecule has 2 heterocycles. The molecule has 0 fully saturated rings. The summed E-state index contributed by atoms with van der Waals surface area (Å²) in [6.07, 6.45) is 3.46. The first-order chi connectivity index (χ1) is 13.7. The zero-order valence-electron chi connectivity index (χ0n) is 15.4. The molecule has 1 aromatic heterocycles. The highest BCUT2D eigenvalue weighted by Crippen LogP contribution is 2.38. The maximum atomic E-state index is 12.1. The van der Waals surface area contributed by atoms with Crippen LogP contribution in [0.15, 0.2) is 60.9 Å². The van der Waals surface area contributed by atoms with Crippen LogP contribution >= 0.6 is 0 Å². The Hall–Kier alpha value is -3.65. The topological polar surface area (TPSA) is 72.2 Å². The number of carbonyl (C=O) groups is 1. The number of hydrogen-bond donors (Lipinski definition) is 0. The van der Waals surface area contributed by atoms with Gasteiger partial charge in [0.05, 0.1) is 23.8 Å². The third-order valence-electron chi connectivity index (χ3n) is 4.83. The van der Waals surface area contributed by atoms with Crippen LogP contribution in [0.25, 0.3) is 0 Å². The number of ether oxygens (including phenoxy) is 2. The number of hydrogen-bond acceptors (Lipinski definition) is 5. The van der Waals surface area contributed by atoms with E-state index >= 15 is 0 Å². The number of pyridine rings is 1. The van der Waals surface area contributed by atoms with Gasteiger partial charge in [0.15, 0.2) is 5.78 Å². The van der Waals surface area contributed by atoms with Crippen molar-refractivity contribution >= 4 is 5.78 Å². The lowest BCUT2D eigenvalue weighted by atomic mass is 9.99. The summed E-state index contributed by atoms with van der Waals surface area (Å²) < 4.78 is 12.1. The predicted octanol–water partition coefficient (Wildman–Crippen LogP) is 4.40. The lowest BCUT2D eigenvalue weighted by Crippen LogP contribution is -2.17. The van der Waals surface area contributed by atoms with Gasteiger partial charge in [-0.05, 0) is 54.4 Å². The Morgan fingerprint density at radius 2 is 1.79 bits per heavy atom. The number of Topliss-reactive ketones (excluding diaryl/α,β-unsaturated/α-hetero) is 1. The summed E-state index contributed by atoms with van der Waals surface area (Å²) in [5.74, 6) is 1.34. The summed E-state index contributed by atoms with van der Waals surface area (Å²) in [5, 5.41) is 9.06. The molecular formula is C23H18N2O3. The Morgan fingerprint density at radius 1 is 1.07 bits per heavy atom. The van der Waals surface area contributed by atoms with Crippen LogP contribution in [0.4, 0.5) is 0 Å². The zero-order chi connectivity index (χ0) is 19.5.